The van der Waals surface area contributed by atoms with Crippen LogP contribution in [0, 0.1) is 0 Å². The van der Waals surface area contributed by atoms with Crippen molar-refractivity contribution >= 4 is 23.3 Å². The number of anilines is 2. The summed E-state index contributed by atoms with van der Waals surface area (Å²) in [7, 11) is 0. The lowest BCUT2D eigenvalue weighted by Crippen LogP contribution is -2.40. The SMILES string of the molecule is CC(=O)c1cnn2c(NCc3ccccc3-n3cccn3)nc(N3CCC(N)CC3)nc12. The molecule has 0 spiro atoms. The van der Waals surface area contributed by atoms with Crippen molar-refractivity contribution in [1.29, 1.82) is 0 Å². The maximum absolute atomic E-state index is 12.1. The van der Waals surface area contributed by atoms with Crippen molar-refractivity contribution < 1.29 is 4.79 Å². The van der Waals surface area contributed by atoms with Gasteiger partial charge in [-0.3, -0.25) is 4.79 Å². The van der Waals surface area contributed by atoms with Crippen LogP contribution in [-0.2, 0) is 6.54 Å². The molecule has 1 saturated heterocycles. The lowest BCUT2D eigenvalue weighted by molar-refractivity contribution is 0.101. The third-order valence-corrected chi connectivity index (χ3v) is 5.74. The minimum Gasteiger partial charge on any atom is -0.350 e. The molecular formula is C22H25N9O. The molecule has 0 atom stereocenters. The van der Waals surface area contributed by atoms with E-state index >= 15 is 0 Å². The summed E-state index contributed by atoms with van der Waals surface area (Å²) in [6.45, 7) is 3.58. The van der Waals surface area contributed by atoms with Gasteiger partial charge in [-0.25, -0.2) is 4.68 Å². The first-order chi connectivity index (χ1) is 15.6. The van der Waals surface area contributed by atoms with Crippen molar-refractivity contribution in [3.05, 3.63) is 60.0 Å². The molecule has 1 fully saturated rings. The van der Waals surface area contributed by atoms with Gasteiger partial charge in [0, 0.05) is 38.1 Å². The van der Waals surface area contributed by atoms with E-state index in [1.165, 1.54) is 6.92 Å². The Morgan fingerprint density at radius 2 is 1.97 bits per heavy atom. The Morgan fingerprint density at radius 3 is 2.72 bits per heavy atom. The normalized spacial score (nSPS) is 14.8. The molecule has 0 radical (unpaired) electrons. The Labute approximate surface area is 185 Å². The van der Waals surface area contributed by atoms with Crippen LogP contribution in [0.15, 0.2) is 48.9 Å². The van der Waals surface area contributed by atoms with Crippen molar-refractivity contribution in [2.45, 2.75) is 32.4 Å². The monoisotopic (exact) mass is 431 g/mol. The maximum Gasteiger partial charge on any atom is 0.230 e. The standard InChI is InChI=1S/C22H25N9O/c1-15(32)18-14-26-31-20(18)27-22(29-11-7-17(23)8-12-29)28-21(31)24-13-16-5-2-3-6-19(16)30-10-4-9-25-30/h2-6,9-10,14,17H,7-8,11-13,23H2,1H3,(H,24,27,28). The number of fused-ring (bicyclic) bond motifs is 1. The Balaban J connectivity index is 1.50. The molecule has 0 amide bonds. The summed E-state index contributed by atoms with van der Waals surface area (Å²) < 4.78 is 3.42. The number of aromatic nitrogens is 6. The molecule has 10 heteroatoms. The van der Waals surface area contributed by atoms with Crippen molar-refractivity contribution in [2.24, 2.45) is 5.73 Å². The average molecular weight is 432 g/mol. The molecule has 3 aromatic heterocycles. The highest BCUT2D eigenvalue weighted by Crippen LogP contribution is 2.22. The van der Waals surface area contributed by atoms with Crippen molar-refractivity contribution in [1.82, 2.24) is 29.4 Å². The maximum atomic E-state index is 12.1. The topological polar surface area (TPSA) is 119 Å². The summed E-state index contributed by atoms with van der Waals surface area (Å²) in [5.41, 5.74) is 9.06. The van der Waals surface area contributed by atoms with E-state index < -0.39 is 0 Å². The molecule has 5 rings (SSSR count). The molecule has 10 nitrogen and oxygen atoms in total. The fourth-order valence-electron chi connectivity index (χ4n) is 3.94. The molecule has 0 saturated carbocycles. The summed E-state index contributed by atoms with van der Waals surface area (Å²) >= 11 is 0. The first-order valence-corrected chi connectivity index (χ1v) is 10.7. The number of piperidine rings is 1. The third-order valence-electron chi connectivity index (χ3n) is 5.74. The molecular weight excluding hydrogens is 406 g/mol. The van der Waals surface area contributed by atoms with Gasteiger partial charge in [0.15, 0.2) is 11.4 Å². The Morgan fingerprint density at radius 1 is 1.16 bits per heavy atom. The number of nitrogens with zero attached hydrogens (tertiary/aromatic N) is 7. The van der Waals surface area contributed by atoms with Crippen LogP contribution in [0.25, 0.3) is 11.3 Å². The van der Waals surface area contributed by atoms with E-state index in [0.29, 0.717) is 29.7 Å². The fraction of sp³-hybridized carbons (Fsp3) is 0.318. The lowest BCUT2D eigenvalue weighted by Gasteiger charge is -2.30. The third kappa shape index (κ3) is 3.80. The van der Waals surface area contributed by atoms with Gasteiger partial charge < -0.3 is 16.0 Å². The molecule has 3 N–H and O–H groups in total. The zero-order chi connectivity index (χ0) is 22.1. The van der Waals surface area contributed by atoms with Gasteiger partial charge in [-0.1, -0.05) is 18.2 Å². The molecule has 0 aliphatic carbocycles. The molecule has 1 aliphatic heterocycles. The number of nitrogens with one attached hydrogen (secondary N) is 1. The minimum atomic E-state index is -0.0831. The molecule has 4 heterocycles. The fourth-order valence-corrected chi connectivity index (χ4v) is 3.94. The van der Waals surface area contributed by atoms with Crippen molar-refractivity contribution in [2.75, 3.05) is 23.3 Å². The zero-order valence-electron chi connectivity index (χ0n) is 17.8. The Hall–Kier alpha value is -3.79. The largest absolute Gasteiger partial charge is 0.350 e. The number of hydrogen-bond donors (Lipinski definition) is 2. The van der Waals surface area contributed by atoms with Crippen LogP contribution in [0.2, 0.25) is 0 Å². The Kier molecular flexibility index (Phi) is 5.28. The van der Waals surface area contributed by atoms with Crippen molar-refractivity contribution in [3.8, 4) is 5.69 Å². The van der Waals surface area contributed by atoms with E-state index in [-0.39, 0.29) is 11.8 Å². The first-order valence-electron chi connectivity index (χ1n) is 10.7. The number of rotatable bonds is 6. The van der Waals surface area contributed by atoms with Gasteiger partial charge in [-0.15, -0.1) is 0 Å². The zero-order valence-corrected chi connectivity index (χ0v) is 17.8. The summed E-state index contributed by atoms with van der Waals surface area (Å²) in [4.78, 5) is 23.7. The molecule has 0 bridgehead atoms. The number of hydrogen-bond acceptors (Lipinski definition) is 8. The second-order valence-corrected chi connectivity index (χ2v) is 7.95. The molecule has 164 valence electrons. The highest BCUT2D eigenvalue weighted by atomic mass is 16.1. The lowest BCUT2D eigenvalue weighted by atomic mass is 10.1. The number of Topliss-reactive ketones (excluding diaryl/α,β-unsaturated/α-hetero) is 1. The Bertz CT molecular complexity index is 1240. The smallest absolute Gasteiger partial charge is 0.230 e. The van der Waals surface area contributed by atoms with E-state index in [1.54, 1.807) is 16.9 Å². The average Bonchev–Trinajstić information content (AvgIpc) is 3.48. The number of para-hydroxylation sites is 1. The first kappa shape index (κ1) is 20.1. The van der Waals surface area contributed by atoms with Gasteiger partial charge >= 0.3 is 0 Å². The summed E-state index contributed by atoms with van der Waals surface area (Å²) in [5.74, 6) is 1.03. The highest BCUT2D eigenvalue weighted by Gasteiger charge is 2.22. The van der Waals surface area contributed by atoms with Gasteiger partial charge in [-0.05, 0) is 37.5 Å². The van der Waals surface area contributed by atoms with Crippen LogP contribution in [0.3, 0.4) is 0 Å². The van der Waals surface area contributed by atoms with Gasteiger partial charge in [0.1, 0.15) is 0 Å². The van der Waals surface area contributed by atoms with E-state index in [4.69, 9.17) is 10.7 Å². The van der Waals surface area contributed by atoms with Gasteiger partial charge in [0.2, 0.25) is 11.9 Å². The minimum absolute atomic E-state index is 0.0831. The number of carbonyl (C=O) groups is 1. The number of benzene rings is 1. The van der Waals surface area contributed by atoms with Crippen LogP contribution in [0.5, 0.6) is 0 Å². The van der Waals surface area contributed by atoms with Gasteiger partial charge in [0.25, 0.3) is 0 Å². The van der Waals surface area contributed by atoms with Crippen LogP contribution in [-0.4, -0.2) is 54.3 Å². The van der Waals surface area contributed by atoms with E-state index in [2.05, 4.69) is 25.4 Å². The van der Waals surface area contributed by atoms with Gasteiger partial charge in [0.05, 0.1) is 17.4 Å². The van der Waals surface area contributed by atoms with Crippen LogP contribution < -0.4 is 16.0 Å². The van der Waals surface area contributed by atoms with Crippen LogP contribution in [0.1, 0.15) is 35.7 Å². The van der Waals surface area contributed by atoms with Gasteiger partial charge in [-0.2, -0.15) is 24.7 Å². The molecule has 32 heavy (non-hydrogen) atoms. The quantitative estimate of drug-likeness (QED) is 0.445. The molecule has 0 unspecified atom stereocenters. The second-order valence-electron chi connectivity index (χ2n) is 7.95. The predicted molar refractivity (Wildman–Crippen MR) is 121 cm³/mol. The predicted octanol–water partition coefficient (Wildman–Crippen LogP) is 2.05. The molecule has 1 aromatic carbocycles. The molecule has 1 aliphatic rings. The number of nitrogens with two attached hydrogens (primary N) is 1. The summed E-state index contributed by atoms with van der Waals surface area (Å²) in [5, 5.41) is 12.1. The highest BCUT2D eigenvalue weighted by molar-refractivity contribution is 5.99. The summed E-state index contributed by atoms with van der Waals surface area (Å²) in [6.07, 6.45) is 6.97. The van der Waals surface area contributed by atoms with Crippen molar-refractivity contribution in [3.63, 3.8) is 0 Å². The molecule has 4 aromatic rings. The number of ketones is 1. The van der Waals surface area contributed by atoms with E-state index in [9.17, 15) is 4.79 Å². The second kappa shape index (κ2) is 8.39. The van der Waals surface area contributed by atoms with E-state index in [0.717, 1.165) is 37.2 Å². The number of carbonyl (C=O) groups excluding carboxylic acids is 1. The van der Waals surface area contributed by atoms with Crippen LogP contribution >= 0.6 is 0 Å². The summed E-state index contributed by atoms with van der Waals surface area (Å²) in [6, 6.07) is 10.1. The van der Waals surface area contributed by atoms with Crippen LogP contribution in [0.4, 0.5) is 11.9 Å². The van der Waals surface area contributed by atoms with E-state index in [1.807, 2.05) is 41.2 Å².